The number of aliphatic imine (C=N–C) groups is 1. The molecular formula is C26H28BF2N3. The zero-order valence-electron chi connectivity index (χ0n) is 18.9. The van der Waals surface area contributed by atoms with Crippen LogP contribution in [-0.4, -0.2) is 31.1 Å². The van der Waals surface area contributed by atoms with Gasteiger partial charge in [-0.05, 0) is 68.3 Å². The van der Waals surface area contributed by atoms with Gasteiger partial charge in [0.25, 0.3) is 0 Å². The first kappa shape index (κ1) is 22.1. The van der Waals surface area contributed by atoms with Gasteiger partial charge in [0.1, 0.15) is 0 Å². The molecule has 0 radical (unpaired) electrons. The minimum atomic E-state index is -2.40. The van der Waals surface area contributed by atoms with Crippen LogP contribution in [0.4, 0.5) is 20.0 Å². The lowest BCUT2D eigenvalue weighted by molar-refractivity contribution is 0.653. The average molecular weight is 431 g/mol. The minimum absolute atomic E-state index is 0.278. The molecule has 164 valence electrons. The molecule has 0 unspecified atom stereocenters. The van der Waals surface area contributed by atoms with E-state index in [2.05, 4.69) is 65.6 Å². The van der Waals surface area contributed by atoms with Crippen LogP contribution in [0.2, 0.25) is 0 Å². The Morgan fingerprint density at radius 3 is 2.38 bits per heavy atom. The predicted octanol–water partition coefficient (Wildman–Crippen LogP) is 6.92. The van der Waals surface area contributed by atoms with Crippen molar-refractivity contribution in [1.82, 2.24) is 4.57 Å². The van der Waals surface area contributed by atoms with Crippen molar-refractivity contribution in [1.29, 1.82) is 0 Å². The molecule has 4 rings (SSSR count). The number of halogens is 2. The van der Waals surface area contributed by atoms with Gasteiger partial charge >= 0.3 is 7.27 Å². The van der Waals surface area contributed by atoms with Gasteiger partial charge in [0, 0.05) is 59.7 Å². The van der Waals surface area contributed by atoms with Crippen molar-refractivity contribution in [2.24, 2.45) is 4.99 Å². The third-order valence-electron chi connectivity index (χ3n) is 6.05. The predicted molar refractivity (Wildman–Crippen MR) is 134 cm³/mol. The monoisotopic (exact) mass is 431 g/mol. The fourth-order valence-electron chi connectivity index (χ4n) is 4.45. The second-order valence-corrected chi connectivity index (χ2v) is 7.87. The number of fused-ring (bicyclic) bond motifs is 3. The molecule has 0 amide bonds. The number of para-hydroxylation sites is 1. The summed E-state index contributed by atoms with van der Waals surface area (Å²) in [7, 11) is -2.40. The molecule has 3 aromatic carbocycles. The summed E-state index contributed by atoms with van der Waals surface area (Å²) in [4.78, 5) is 6.82. The zero-order chi connectivity index (χ0) is 22.7. The number of benzene rings is 3. The van der Waals surface area contributed by atoms with Gasteiger partial charge in [-0.2, -0.15) is 0 Å². The molecule has 0 aliphatic carbocycles. The summed E-state index contributed by atoms with van der Waals surface area (Å²) in [5, 5.41) is 2.35. The molecule has 1 heterocycles. The highest BCUT2D eigenvalue weighted by Crippen LogP contribution is 2.32. The second kappa shape index (κ2) is 9.55. The summed E-state index contributed by atoms with van der Waals surface area (Å²) in [5.74, 6) is 0. The van der Waals surface area contributed by atoms with E-state index in [4.69, 9.17) is 0 Å². The number of anilines is 1. The minimum Gasteiger partial charge on any atom is -0.372 e. The Morgan fingerprint density at radius 2 is 1.66 bits per heavy atom. The molecule has 0 saturated heterocycles. The maximum absolute atomic E-state index is 13.3. The Bertz CT molecular complexity index is 1260. The van der Waals surface area contributed by atoms with E-state index < -0.39 is 7.27 Å². The van der Waals surface area contributed by atoms with E-state index in [0.717, 1.165) is 42.0 Å². The maximum Gasteiger partial charge on any atom is 0.542 e. The van der Waals surface area contributed by atoms with Gasteiger partial charge in [0.2, 0.25) is 0 Å². The fourth-order valence-corrected chi connectivity index (χ4v) is 4.45. The zero-order valence-corrected chi connectivity index (χ0v) is 18.9. The normalized spacial score (nSPS) is 11.7. The van der Waals surface area contributed by atoms with E-state index in [1.165, 1.54) is 16.4 Å². The standard InChI is InChI=1S/C26H28BF2N3/c1-4-31(5-2)22-13-11-19(20(15-22)17-27(28)29)18-30-21-12-14-26-24(16-21)23-9-7-8-10-25(23)32(26)6-3/h7-16,18H,4-6,17H2,1-3H3. The highest BCUT2D eigenvalue weighted by molar-refractivity contribution is 6.42. The lowest BCUT2D eigenvalue weighted by Gasteiger charge is -2.22. The van der Waals surface area contributed by atoms with Crippen LogP contribution in [-0.2, 0) is 12.9 Å². The molecule has 0 N–H and O–H groups in total. The van der Waals surface area contributed by atoms with Crippen LogP contribution >= 0.6 is 0 Å². The lowest BCUT2D eigenvalue weighted by Crippen LogP contribution is -2.22. The van der Waals surface area contributed by atoms with Gasteiger partial charge in [0.15, 0.2) is 0 Å². The second-order valence-electron chi connectivity index (χ2n) is 7.87. The number of rotatable bonds is 8. The third-order valence-corrected chi connectivity index (χ3v) is 6.05. The van der Waals surface area contributed by atoms with E-state index in [0.29, 0.717) is 5.56 Å². The van der Waals surface area contributed by atoms with Gasteiger partial charge in [0.05, 0.1) is 5.69 Å². The summed E-state index contributed by atoms with van der Waals surface area (Å²) in [6, 6.07) is 20.3. The molecular weight excluding hydrogens is 403 g/mol. The topological polar surface area (TPSA) is 20.5 Å². The van der Waals surface area contributed by atoms with Gasteiger partial charge < -0.3 is 9.47 Å². The average Bonchev–Trinajstić information content (AvgIpc) is 3.12. The van der Waals surface area contributed by atoms with Crippen molar-refractivity contribution in [2.75, 3.05) is 18.0 Å². The van der Waals surface area contributed by atoms with Crippen molar-refractivity contribution in [3.05, 3.63) is 71.8 Å². The van der Waals surface area contributed by atoms with Gasteiger partial charge in [-0.3, -0.25) is 13.6 Å². The maximum atomic E-state index is 13.3. The molecule has 6 heteroatoms. The Kier molecular flexibility index (Phi) is 6.59. The Balaban J connectivity index is 1.72. The molecule has 1 aromatic heterocycles. The largest absolute Gasteiger partial charge is 0.542 e. The quantitative estimate of drug-likeness (QED) is 0.219. The summed E-state index contributed by atoms with van der Waals surface area (Å²) in [6.07, 6.45) is 1.43. The van der Waals surface area contributed by atoms with Crippen LogP contribution in [0.5, 0.6) is 0 Å². The number of aryl methyl sites for hydroxylation is 1. The highest BCUT2D eigenvalue weighted by Gasteiger charge is 2.17. The Morgan fingerprint density at radius 1 is 0.906 bits per heavy atom. The molecule has 0 fully saturated rings. The smallest absolute Gasteiger partial charge is 0.372 e. The fraction of sp³-hybridized carbons (Fsp3) is 0.269. The first-order chi connectivity index (χ1) is 15.5. The van der Waals surface area contributed by atoms with Crippen LogP contribution in [0.25, 0.3) is 21.8 Å². The summed E-state index contributed by atoms with van der Waals surface area (Å²) in [5.41, 5.74) is 5.52. The van der Waals surface area contributed by atoms with E-state index >= 15 is 0 Å². The highest BCUT2D eigenvalue weighted by atomic mass is 19.2. The summed E-state index contributed by atoms with van der Waals surface area (Å²) >= 11 is 0. The van der Waals surface area contributed by atoms with Crippen molar-refractivity contribution in [3.63, 3.8) is 0 Å². The van der Waals surface area contributed by atoms with E-state index in [1.807, 2.05) is 30.3 Å². The number of hydrogen-bond acceptors (Lipinski definition) is 2. The van der Waals surface area contributed by atoms with Gasteiger partial charge in [-0.15, -0.1) is 0 Å². The van der Waals surface area contributed by atoms with Gasteiger partial charge in [-0.25, -0.2) is 0 Å². The van der Waals surface area contributed by atoms with Crippen LogP contribution in [0.3, 0.4) is 0 Å². The molecule has 32 heavy (non-hydrogen) atoms. The SMILES string of the molecule is CCN(CC)c1ccc(C=Nc2ccc3c(c2)c2ccccc2n3CC)c(CB(F)F)c1. The molecule has 4 aromatic rings. The van der Waals surface area contributed by atoms with Crippen LogP contribution < -0.4 is 4.90 Å². The van der Waals surface area contributed by atoms with Crippen LogP contribution in [0, 0.1) is 0 Å². The molecule has 0 aliphatic heterocycles. The van der Waals surface area contributed by atoms with E-state index in [1.54, 1.807) is 6.21 Å². The molecule has 0 aliphatic rings. The molecule has 0 bridgehead atoms. The first-order valence-electron chi connectivity index (χ1n) is 11.3. The Hall–Kier alpha value is -3.15. The number of hydrogen-bond donors (Lipinski definition) is 0. The molecule has 0 atom stereocenters. The molecule has 3 nitrogen and oxygen atoms in total. The molecule has 0 saturated carbocycles. The van der Waals surface area contributed by atoms with Crippen molar-refractivity contribution >= 4 is 46.7 Å². The number of aromatic nitrogens is 1. The summed E-state index contributed by atoms with van der Waals surface area (Å²) < 4.78 is 28.8. The van der Waals surface area contributed by atoms with Crippen molar-refractivity contribution in [3.8, 4) is 0 Å². The third kappa shape index (κ3) is 4.27. The Labute approximate surface area is 188 Å². The molecule has 0 spiro atoms. The van der Waals surface area contributed by atoms with E-state index in [9.17, 15) is 8.63 Å². The van der Waals surface area contributed by atoms with Crippen LogP contribution in [0.15, 0.2) is 65.7 Å². The lowest BCUT2D eigenvalue weighted by atomic mass is 9.85. The van der Waals surface area contributed by atoms with Gasteiger partial charge in [-0.1, -0.05) is 24.3 Å². The van der Waals surface area contributed by atoms with E-state index in [-0.39, 0.29) is 6.32 Å². The van der Waals surface area contributed by atoms with Crippen molar-refractivity contribution < 1.29 is 8.63 Å². The number of nitrogens with zero attached hydrogens (tertiary/aromatic N) is 3. The first-order valence-corrected chi connectivity index (χ1v) is 11.3. The van der Waals surface area contributed by atoms with Crippen molar-refractivity contribution in [2.45, 2.75) is 33.6 Å². The van der Waals surface area contributed by atoms with Crippen LogP contribution in [0.1, 0.15) is 31.9 Å². The summed E-state index contributed by atoms with van der Waals surface area (Å²) in [6.45, 7) is 8.84.